The number of nitrogens with zero attached hydrogens (tertiary/aromatic N) is 3. The number of benzene rings is 3. The van der Waals surface area contributed by atoms with Gasteiger partial charge in [-0.15, -0.1) is 11.8 Å². The number of alkyl halides is 3. The Hall–Kier alpha value is -3.51. The highest BCUT2D eigenvalue weighted by atomic mass is 35.5. The summed E-state index contributed by atoms with van der Waals surface area (Å²) in [6.07, 6.45) is -0.733. The predicted molar refractivity (Wildman–Crippen MR) is 147 cm³/mol. The summed E-state index contributed by atoms with van der Waals surface area (Å²) >= 11 is 7.30. The lowest BCUT2D eigenvalue weighted by Gasteiger charge is -2.26. The summed E-state index contributed by atoms with van der Waals surface area (Å²) < 4.78 is 56.4. The van der Waals surface area contributed by atoms with Crippen molar-refractivity contribution in [2.45, 2.75) is 24.6 Å². The summed E-state index contributed by atoms with van der Waals surface area (Å²) in [6, 6.07) is 14.5. The maximum atomic E-state index is 14.8. The van der Waals surface area contributed by atoms with E-state index < -0.39 is 24.3 Å². The summed E-state index contributed by atoms with van der Waals surface area (Å²) in [5, 5.41) is 11.3. The molecule has 0 atom stereocenters. The van der Waals surface area contributed by atoms with Gasteiger partial charge < -0.3 is 15.4 Å². The van der Waals surface area contributed by atoms with Gasteiger partial charge in [-0.05, 0) is 60.7 Å². The molecule has 0 unspecified atom stereocenters. The largest absolute Gasteiger partial charge is 0.434 e. The number of hydrogen-bond donors (Lipinski definition) is 3. The summed E-state index contributed by atoms with van der Waals surface area (Å²) in [4.78, 5) is 4.22. The number of imidazole rings is 1. The van der Waals surface area contributed by atoms with E-state index in [2.05, 4.69) is 4.98 Å². The zero-order valence-electron chi connectivity index (χ0n) is 20.8. The Morgan fingerprint density at radius 2 is 1.82 bits per heavy atom. The van der Waals surface area contributed by atoms with Gasteiger partial charge in [0.05, 0.1) is 23.7 Å². The summed E-state index contributed by atoms with van der Waals surface area (Å²) in [5.74, 6) is 6.06. The molecular formula is C27H24ClF4N5OS. The lowest BCUT2D eigenvalue weighted by atomic mass is 10.0. The number of nitrogens with two attached hydrogens (primary N) is 2. The van der Waals surface area contributed by atoms with Gasteiger partial charge in [0.1, 0.15) is 11.6 Å². The quantitative estimate of drug-likeness (QED) is 0.100. The number of halogens is 5. The molecule has 1 heterocycles. The van der Waals surface area contributed by atoms with Crippen molar-refractivity contribution in [3.8, 4) is 16.8 Å². The zero-order valence-corrected chi connectivity index (χ0v) is 22.4. The second-order valence-corrected chi connectivity index (χ2v) is 9.75. The van der Waals surface area contributed by atoms with E-state index in [1.807, 2.05) is 0 Å². The van der Waals surface area contributed by atoms with Crippen molar-refractivity contribution in [1.29, 1.82) is 0 Å². The van der Waals surface area contributed by atoms with Crippen LogP contribution in [0.25, 0.3) is 22.5 Å². The molecule has 4 rings (SSSR count). The van der Waals surface area contributed by atoms with Gasteiger partial charge in [-0.1, -0.05) is 29.8 Å². The van der Waals surface area contributed by atoms with E-state index in [0.717, 1.165) is 6.20 Å². The van der Waals surface area contributed by atoms with Crippen LogP contribution in [0.1, 0.15) is 22.6 Å². The zero-order chi connectivity index (χ0) is 28.5. The first-order valence-electron chi connectivity index (χ1n) is 11.5. The van der Waals surface area contributed by atoms with Crippen LogP contribution in [0, 0.1) is 12.7 Å². The third-order valence-corrected chi connectivity index (χ3v) is 7.15. The Kier molecular flexibility index (Phi) is 8.26. The van der Waals surface area contributed by atoms with Gasteiger partial charge in [-0.3, -0.25) is 5.01 Å². The van der Waals surface area contributed by atoms with Gasteiger partial charge in [-0.25, -0.2) is 15.2 Å². The van der Waals surface area contributed by atoms with Crippen LogP contribution < -0.4 is 16.6 Å². The number of aromatic nitrogens is 2. The van der Waals surface area contributed by atoms with E-state index in [-0.39, 0.29) is 22.8 Å². The standard InChI is InChI=1S/C27H24ClF4N5OS/c1-15-35-26(27(30,31)32)13-36(15)22-8-5-17(18-9-21(29)20(14-38)25(11-18)39-2)10-23(22)37(34)24(12-33)16-3-6-19(28)7-4-16/h3-13,38H,14,33-34H2,1-2H3/b24-12-. The van der Waals surface area contributed by atoms with Crippen molar-refractivity contribution in [3.63, 3.8) is 0 Å². The Labute approximate surface area is 231 Å². The molecule has 5 N–H and O–H groups in total. The van der Waals surface area contributed by atoms with Crippen LogP contribution in [-0.4, -0.2) is 20.9 Å². The first-order valence-corrected chi connectivity index (χ1v) is 13.1. The average molecular weight is 578 g/mol. The van der Waals surface area contributed by atoms with Crippen LogP contribution in [-0.2, 0) is 12.8 Å². The fraction of sp³-hybridized carbons (Fsp3) is 0.148. The number of anilines is 1. The smallest absolute Gasteiger partial charge is 0.403 e. The minimum Gasteiger partial charge on any atom is -0.403 e. The molecule has 0 amide bonds. The van der Waals surface area contributed by atoms with Gasteiger partial charge in [0.25, 0.3) is 0 Å². The minimum absolute atomic E-state index is 0.0810. The third-order valence-electron chi connectivity index (χ3n) is 6.09. The molecule has 0 saturated heterocycles. The van der Waals surface area contributed by atoms with E-state index in [1.54, 1.807) is 54.8 Å². The van der Waals surface area contributed by atoms with Gasteiger partial charge in [-0.2, -0.15) is 13.2 Å². The highest BCUT2D eigenvalue weighted by Gasteiger charge is 2.35. The fourth-order valence-electron chi connectivity index (χ4n) is 4.13. The molecule has 4 aromatic rings. The van der Waals surface area contributed by atoms with Crippen molar-refractivity contribution in [2.75, 3.05) is 11.3 Å². The lowest BCUT2D eigenvalue weighted by molar-refractivity contribution is -0.141. The molecule has 0 aliphatic rings. The Morgan fingerprint density at radius 3 is 2.38 bits per heavy atom. The van der Waals surface area contributed by atoms with Gasteiger partial charge >= 0.3 is 6.18 Å². The van der Waals surface area contributed by atoms with E-state index in [9.17, 15) is 22.7 Å². The molecule has 1 aromatic heterocycles. The molecule has 3 aromatic carbocycles. The first kappa shape index (κ1) is 28.5. The maximum absolute atomic E-state index is 14.8. The number of hydrazine groups is 1. The van der Waals surface area contributed by atoms with E-state index in [0.29, 0.717) is 32.3 Å². The van der Waals surface area contributed by atoms with Crippen LogP contribution in [0.4, 0.5) is 23.2 Å². The van der Waals surface area contributed by atoms with Crippen molar-refractivity contribution < 1.29 is 22.7 Å². The predicted octanol–water partition coefficient (Wildman–Crippen LogP) is 6.51. The highest BCUT2D eigenvalue weighted by molar-refractivity contribution is 7.98. The first-order chi connectivity index (χ1) is 18.5. The molecule has 6 nitrogen and oxygen atoms in total. The molecule has 0 aliphatic heterocycles. The second-order valence-electron chi connectivity index (χ2n) is 8.47. The van der Waals surface area contributed by atoms with E-state index in [4.69, 9.17) is 23.2 Å². The van der Waals surface area contributed by atoms with Crippen LogP contribution in [0.5, 0.6) is 0 Å². The van der Waals surface area contributed by atoms with Crippen molar-refractivity contribution in [1.82, 2.24) is 9.55 Å². The number of thioether (sulfide) groups is 1. The fourth-order valence-corrected chi connectivity index (χ4v) is 4.91. The topological polar surface area (TPSA) is 93.3 Å². The summed E-state index contributed by atoms with van der Waals surface area (Å²) in [6.45, 7) is 0.983. The molecule has 0 spiro atoms. The number of hydrogen-bond acceptors (Lipinski definition) is 6. The Morgan fingerprint density at radius 1 is 1.13 bits per heavy atom. The molecule has 0 saturated carbocycles. The molecule has 0 bridgehead atoms. The van der Waals surface area contributed by atoms with Gasteiger partial charge in [0.15, 0.2) is 5.69 Å². The molecule has 0 fully saturated rings. The van der Waals surface area contributed by atoms with Crippen molar-refractivity contribution in [2.24, 2.45) is 11.6 Å². The van der Waals surface area contributed by atoms with Gasteiger partial charge in [0, 0.05) is 33.4 Å². The van der Waals surface area contributed by atoms with Crippen LogP contribution >= 0.6 is 23.4 Å². The molecule has 39 heavy (non-hydrogen) atoms. The van der Waals surface area contributed by atoms with Crippen LogP contribution in [0.2, 0.25) is 5.02 Å². The van der Waals surface area contributed by atoms with Crippen LogP contribution in [0.3, 0.4) is 0 Å². The van der Waals surface area contributed by atoms with Crippen LogP contribution in [0.15, 0.2) is 71.9 Å². The second kappa shape index (κ2) is 11.3. The Bertz CT molecular complexity index is 1540. The lowest BCUT2D eigenvalue weighted by Crippen LogP contribution is -2.31. The minimum atomic E-state index is -4.65. The number of rotatable bonds is 7. The highest BCUT2D eigenvalue weighted by Crippen LogP contribution is 2.37. The summed E-state index contributed by atoms with van der Waals surface area (Å²) in [5.41, 5.74) is 7.56. The number of aryl methyl sites for hydroxylation is 1. The monoisotopic (exact) mass is 577 g/mol. The number of aliphatic hydroxyl groups excluding tert-OH is 1. The van der Waals surface area contributed by atoms with E-state index in [1.165, 1.54) is 40.5 Å². The van der Waals surface area contributed by atoms with Crippen molar-refractivity contribution >= 4 is 34.7 Å². The number of aliphatic hydroxyl groups is 1. The SMILES string of the molecule is CSc1cc(-c2ccc(-n3cc(C(F)(F)F)nc3C)c(N(N)/C(=C\N)c3ccc(Cl)cc3)c2)cc(F)c1CO. The van der Waals surface area contributed by atoms with E-state index >= 15 is 0 Å². The average Bonchev–Trinajstić information content (AvgIpc) is 3.31. The van der Waals surface area contributed by atoms with Gasteiger partial charge in [0.2, 0.25) is 0 Å². The molecule has 0 radical (unpaired) electrons. The molecular weight excluding hydrogens is 554 g/mol. The van der Waals surface area contributed by atoms with Crippen molar-refractivity contribution in [3.05, 3.63) is 100 Å². The Balaban J connectivity index is 1.93. The third kappa shape index (κ3) is 5.76. The molecule has 0 aliphatic carbocycles. The normalized spacial score (nSPS) is 12.2. The summed E-state index contributed by atoms with van der Waals surface area (Å²) in [7, 11) is 0. The maximum Gasteiger partial charge on any atom is 0.434 e. The molecule has 204 valence electrons. The molecule has 12 heteroatoms.